The van der Waals surface area contributed by atoms with Crippen molar-refractivity contribution in [3.8, 4) is 0 Å². The second-order valence-corrected chi connectivity index (χ2v) is 4.93. The van der Waals surface area contributed by atoms with E-state index in [0.29, 0.717) is 26.1 Å². The van der Waals surface area contributed by atoms with E-state index in [1.165, 1.54) is 0 Å². The van der Waals surface area contributed by atoms with Gasteiger partial charge in [-0.05, 0) is 13.0 Å². The van der Waals surface area contributed by atoms with Crippen LogP contribution in [0.4, 0.5) is 0 Å². The Labute approximate surface area is 107 Å². The zero-order valence-corrected chi connectivity index (χ0v) is 10.8. The Morgan fingerprint density at radius 1 is 1.61 bits per heavy atom. The predicted molar refractivity (Wildman–Crippen MR) is 66.0 cm³/mol. The molecule has 2 aliphatic rings. The van der Waals surface area contributed by atoms with Gasteiger partial charge in [0, 0.05) is 39.2 Å². The maximum atomic E-state index is 12.0. The third-order valence-electron chi connectivity index (χ3n) is 3.56. The summed E-state index contributed by atoms with van der Waals surface area (Å²) >= 11 is 0. The monoisotopic (exact) mass is 255 g/mol. The van der Waals surface area contributed by atoms with Crippen molar-refractivity contribution in [2.24, 2.45) is 5.92 Å². The number of likely N-dealkylation sites (tertiary alicyclic amines) is 1. The standard InChI is InChI=1S/C12H21N3O3/c1-18-5-4-15-8-9(6-11(15)16)12(17)14-10-2-3-13-7-10/h9-10,13H,2-8H2,1H3,(H,14,17). The molecule has 0 spiro atoms. The molecule has 2 heterocycles. The maximum absolute atomic E-state index is 12.0. The number of amides is 2. The van der Waals surface area contributed by atoms with Crippen molar-refractivity contribution in [3.05, 3.63) is 0 Å². The quantitative estimate of drug-likeness (QED) is 0.658. The number of hydrogen-bond acceptors (Lipinski definition) is 4. The Morgan fingerprint density at radius 2 is 2.44 bits per heavy atom. The van der Waals surface area contributed by atoms with Crippen molar-refractivity contribution in [2.75, 3.05) is 39.9 Å². The number of hydrogen-bond donors (Lipinski definition) is 2. The first kappa shape index (κ1) is 13.3. The van der Waals surface area contributed by atoms with Crippen molar-refractivity contribution in [2.45, 2.75) is 18.9 Å². The first-order valence-corrected chi connectivity index (χ1v) is 6.48. The van der Waals surface area contributed by atoms with Crippen LogP contribution in [0.25, 0.3) is 0 Å². The molecule has 2 rings (SSSR count). The second kappa shape index (κ2) is 6.15. The van der Waals surface area contributed by atoms with Crippen molar-refractivity contribution in [3.63, 3.8) is 0 Å². The molecular weight excluding hydrogens is 234 g/mol. The molecule has 2 fully saturated rings. The Hall–Kier alpha value is -1.14. The molecule has 0 aromatic rings. The number of ether oxygens (including phenoxy) is 1. The summed E-state index contributed by atoms with van der Waals surface area (Å²) < 4.78 is 4.95. The number of rotatable bonds is 5. The molecule has 0 aromatic heterocycles. The average molecular weight is 255 g/mol. The van der Waals surface area contributed by atoms with Gasteiger partial charge in [-0.3, -0.25) is 9.59 Å². The van der Waals surface area contributed by atoms with Crippen LogP contribution in [0.1, 0.15) is 12.8 Å². The third kappa shape index (κ3) is 3.20. The molecule has 0 saturated carbocycles. The van der Waals surface area contributed by atoms with Crippen molar-refractivity contribution < 1.29 is 14.3 Å². The fourth-order valence-electron chi connectivity index (χ4n) is 2.46. The van der Waals surface area contributed by atoms with E-state index in [9.17, 15) is 9.59 Å². The number of nitrogens with one attached hydrogen (secondary N) is 2. The van der Waals surface area contributed by atoms with Gasteiger partial charge in [0.2, 0.25) is 11.8 Å². The molecule has 2 unspecified atom stereocenters. The van der Waals surface area contributed by atoms with Gasteiger partial charge < -0.3 is 20.3 Å². The molecule has 2 N–H and O–H groups in total. The molecule has 6 nitrogen and oxygen atoms in total. The van der Waals surface area contributed by atoms with E-state index in [1.54, 1.807) is 12.0 Å². The molecule has 0 radical (unpaired) electrons. The van der Waals surface area contributed by atoms with Crippen LogP contribution in [0.5, 0.6) is 0 Å². The van der Waals surface area contributed by atoms with Crippen LogP contribution >= 0.6 is 0 Å². The Kier molecular flexibility index (Phi) is 4.54. The molecule has 6 heteroatoms. The minimum absolute atomic E-state index is 0.0111. The molecule has 18 heavy (non-hydrogen) atoms. The van der Waals surface area contributed by atoms with Crippen molar-refractivity contribution in [1.29, 1.82) is 0 Å². The highest BCUT2D eigenvalue weighted by Crippen LogP contribution is 2.18. The zero-order chi connectivity index (χ0) is 13.0. The topological polar surface area (TPSA) is 70.7 Å². The average Bonchev–Trinajstić information content (AvgIpc) is 2.96. The van der Waals surface area contributed by atoms with Gasteiger partial charge >= 0.3 is 0 Å². The largest absolute Gasteiger partial charge is 0.383 e. The summed E-state index contributed by atoms with van der Waals surface area (Å²) in [4.78, 5) is 25.4. The van der Waals surface area contributed by atoms with E-state index in [-0.39, 0.29) is 23.8 Å². The number of methoxy groups -OCH3 is 1. The molecule has 0 aromatic carbocycles. The molecule has 0 aliphatic carbocycles. The molecule has 2 atom stereocenters. The van der Waals surface area contributed by atoms with E-state index in [4.69, 9.17) is 4.74 Å². The summed E-state index contributed by atoms with van der Waals surface area (Å²) in [5.41, 5.74) is 0. The van der Waals surface area contributed by atoms with Gasteiger partial charge in [-0.25, -0.2) is 0 Å². The van der Waals surface area contributed by atoms with E-state index in [2.05, 4.69) is 10.6 Å². The molecule has 102 valence electrons. The predicted octanol–water partition coefficient (Wildman–Crippen LogP) is -1.04. The van der Waals surface area contributed by atoms with Gasteiger partial charge in [-0.15, -0.1) is 0 Å². The smallest absolute Gasteiger partial charge is 0.225 e. The minimum Gasteiger partial charge on any atom is -0.383 e. The van der Waals surface area contributed by atoms with E-state index in [1.807, 2.05) is 0 Å². The summed E-state index contributed by atoms with van der Waals surface area (Å²) in [7, 11) is 1.61. The summed E-state index contributed by atoms with van der Waals surface area (Å²) in [5.74, 6) is -0.135. The molecule has 0 bridgehead atoms. The van der Waals surface area contributed by atoms with Crippen LogP contribution in [-0.4, -0.2) is 62.7 Å². The first-order valence-electron chi connectivity index (χ1n) is 6.48. The van der Waals surface area contributed by atoms with Gasteiger partial charge in [0.05, 0.1) is 12.5 Å². The highest BCUT2D eigenvalue weighted by atomic mass is 16.5. The van der Waals surface area contributed by atoms with Crippen LogP contribution in [0.15, 0.2) is 0 Å². The van der Waals surface area contributed by atoms with E-state index in [0.717, 1.165) is 19.5 Å². The summed E-state index contributed by atoms with van der Waals surface area (Å²) in [6.07, 6.45) is 1.30. The van der Waals surface area contributed by atoms with Crippen LogP contribution < -0.4 is 10.6 Å². The van der Waals surface area contributed by atoms with Crippen molar-refractivity contribution >= 4 is 11.8 Å². The molecular formula is C12H21N3O3. The lowest BCUT2D eigenvalue weighted by Crippen LogP contribution is -2.41. The molecule has 2 saturated heterocycles. The lowest BCUT2D eigenvalue weighted by molar-refractivity contribution is -0.129. The lowest BCUT2D eigenvalue weighted by atomic mass is 10.1. The van der Waals surface area contributed by atoms with Gasteiger partial charge in [0.1, 0.15) is 0 Å². The maximum Gasteiger partial charge on any atom is 0.225 e. The number of carbonyl (C=O) groups excluding carboxylic acids is 2. The highest BCUT2D eigenvalue weighted by Gasteiger charge is 2.34. The summed E-state index contributed by atoms with van der Waals surface area (Å²) in [5, 5.41) is 6.21. The second-order valence-electron chi connectivity index (χ2n) is 4.93. The SMILES string of the molecule is COCCN1CC(C(=O)NC2CCNC2)CC1=O. The van der Waals surface area contributed by atoms with Gasteiger partial charge in [-0.1, -0.05) is 0 Å². The lowest BCUT2D eigenvalue weighted by Gasteiger charge is -2.17. The highest BCUT2D eigenvalue weighted by molar-refractivity contribution is 5.89. The Balaban J connectivity index is 1.79. The van der Waals surface area contributed by atoms with Gasteiger partial charge in [0.25, 0.3) is 0 Å². The fourth-order valence-corrected chi connectivity index (χ4v) is 2.46. The van der Waals surface area contributed by atoms with Crippen LogP contribution in [0.2, 0.25) is 0 Å². The third-order valence-corrected chi connectivity index (χ3v) is 3.56. The molecule has 2 amide bonds. The summed E-state index contributed by atoms with van der Waals surface area (Å²) in [6, 6.07) is 0.223. The van der Waals surface area contributed by atoms with Crippen molar-refractivity contribution in [1.82, 2.24) is 15.5 Å². The normalized spacial score (nSPS) is 27.8. The Morgan fingerprint density at radius 3 is 3.11 bits per heavy atom. The van der Waals surface area contributed by atoms with Gasteiger partial charge in [0.15, 0.2) is 0 Å². The Bertz CT molecular complexity index is 316. The summed E-state index contributed by atoms with van der Waals surface area (Å²) in [6.45, 7) is 3.40. The minimum atomic E-state index is -0.199. The van der Waals surface area contributed by atoms with Crippen LogP contribution in [0, 0.1) is 5.92 Å². The van der Waals surface area contributed by atoms with Gasteiger partial charge in [-0.2, -0.15) is 0 Å². The number of carbonyl (C=O) groups is 2. The van der Waals surface area contributed by atoms with Crippen LogP contribution in [-0.2, 0) is 14.3 Å². The van der Waals surface area contributed by atoms with E-state index >= 15 is 0 Å². The fraction of sp³-hybridized carbons (Fsp3) is 0.833. The van der Waals surface area contributed by atoms with E-state index < -0.39 is 0 Å². The molecule has 2 aliphatic heterocycles. The van der Waals surface area contributed by atoms with Crippen LogP contribution in [0.3, 0.4) is 0 Å². The number of nitrogens with zero attached hydrogens (tertiary/aromatic N) is 1. The zero-order valence-electron chi connectivity index (χ0n) is 10.8. The first-order chi connectivity index (χ1) is 8.70.